The maximum atomic E-state index is 12.4. The molecule has 6 nitrogen and oxygen atoms in total. The van der Waals surface area contributed by atoms with E-state index in [2.05, 4.69) is 46.7 Å². The number of nitrogens with zero attached hydrogens (tertiary/aromatic N) is 4. The van der Waals surface area contributed by atoms with Gasteiger partial charge in [0.25, 0.3) is 5.91 Å². The van der Waals surface area contributed by atoms with Gasteiger partial charge in [-0.1, -0.05) is 62.0 Å². The number of amides is 1. The summed E-state index contributed by atoms with van der Waals surface area (Å²) in [6.45, 7) is 6.21. The lowest BCUT2D eigenvalue weighted by Gasteiger charge is -2.07. The molecule has 1 N–H and O–H groups in total. The number of rotatable bonds is 7. The van der Waals surface area contributed by atoms with Crippen LogP contribution >= 0.6 is 11.8 Å². The highest BCUT2D eigenvalue weighted by molar-refractivity contribution is 7.98. The Bertz CT molecular complexity index is 991. The van der Waals surface area contributed by atoms with Crippen LogP contribution in [0.25, 0.3) is 0 Å². The highest BCUT2D eigenvalue weighted by Gasteiger charge is 2.07. The van der Waals surface area contributed by atoms with Crippen molar-refractivity contribution < 1.29 is 4.79 Å². The van der Waals surface area contributed by atoms with Gasteiger partial charge in [0.1, 0.15) is 6.33 Å². The van der Waals surface area contributed by atoms with Gasteiger partial charge in [-0.05, 0) is 41.7 Å². The fourth-order valence-corrected chi connectivity index (χ4v) is 3.52. The van der Waals surface area contributed by atoms with Crippen LogP contribution in [0.3, 0.4) is 0 Å². The first-order valence-electron chi connectivity index (χ1n) is 9.44. The zero-order valence-corrected chi connectivity index (χ0v) is 17.9. The Morgan fingerprint density at radius 3 is 2.34 bits per heavy atom. The summed E-state index contributed by atoms with van der Waals surface area (Å²) in [5.41, 5.74) is 7.36. The van der Waals surface area contributed by atoms with Crippen LogP contribution in [0.1, 0.15) is 53.7 Å². The van der Waals surface area contributed by atoms with Crippen molar-refractivity contribution in [3.8, 4) is 0 Å². The third-order valence-corrected chi connectivity index (χ3v) is 5.68. The number of carbonyl (C=O) groups excluding carboxylic acids is 1. The fraction of sp³-hybridized carbons (Fsp3) is 0.273. The highest BCUT2D eigenvalue weighted by Crippen LogP contribution is 2.20. The van der Waals surface area contributed by atoms with Crippen molar-refractivity contribution in [3.63, 3.8) is 0 Å². The van der Waals surface area contributed by atoms with Gasteiger partial charge in [0.2, 0.25) is 0 Å². The fourth-order valence-electron chi connectivity index (χ4n) is 2.68. The van der Waals surface area contributed by atoms with Gasteiger partial charge < -0.3 is 4.57 Å². The zero-order valence-electron chi connectivity index (χ0n) is 17.1. The first-order chi connectivity index (χ1) is 13.9. The Balaban J connectivity index is 1.57. The minimum atomic E-state index is -0.226. The summed E-state index contributed by atoms with van der Waals surface area (Å²) in [6, 6.07) is 15.8. The van der Waals surface area contributed by atoms with Crippen LogP contribution < -0.4 is 5.43 Å². The number of aromatic nitrogens is 3. The van der Waals surface area contributed by atoms with E-state index in [1.807, 2.05) is 54.9 Å². The highest BCUT2D eigenvalue weighted by atomic mass is 32.2. The van der Waals surface area contributed by atoms with Gasteiger partial charge in [-0.2, -0.15) is 5.10 Å². The van der Waals surface area contributed by atoms with E-state index in [1.54, 1.807) is 18.1 Å². The monoisotopic (exact) mass is 407 g/mol. The van der Waals surface area contributed by atoms with Crippen molar-refractivity contribution in [1.82, 2.24) is 20.2 Å². The van der Waals surface area contributed by atoms with Crippen LogP contribution in [-0.4, -0.2) is 26.4 Å². The normalized spacial score (nSPS) is 11.7. The third kappa shape index (κ3) is 5.54. The maximum absolute atomic E-state index is 12.4. The number of carbonyl (C=O) groups is 1. The molecule has 0 bridgehead atoms. The summed E-state index contributed by atoms with van der Waals surface area (Å²) < 4.78 is 1.88. The molecule has 0 saturated carbocycles. The van der Waals surface area contributed by atoms with E-state index in [1.165, 1.54) is 5.56 Å². The van der Waals surface area contributed by atoms with Gasteiger partial charge in [-0.15, -0.1) is 10.2 Å². The second-order valence-electron chi connectivity index (χ2n) is 7.12. The number of aryl methyl sites for hydroxylation is 1. The lowest BCUT2D eigenvalue weighted by molar-refractivity contribution is 0.0955. The molecule has 1 heterocycles. The van der Waals surface area contributed by atoms with Crippen LogP contribution in [0.4, 0.5) is 0 Å². The minimum absolute atomic E-state index is 0.226. The van der Waals surface area contributed by atoms with Crippen molar-refractivity contribution >= 4 is 23.4 Å². The average molecular weight is 408 g/mol. The van der Waals surface area contributed by atoms with Gasteiger partial charge in [-0.3, -0.25) is 4.79 Å². The van der Waals surface area contributed by atoms with Gasteiger partial charge in [-0.25, -0.2) is 5.43 Å². The van der Waals surface area contributed by atoms with Crippen molar-refractivity contribution in [3.05, 3.63) is 77.1 Å². The molecule has 0 radical (unpaired) electrons. The smallest absolute Gasteiger partial charge is 0.271 e. The Hall–Kier alpha value is -2.93. The van der Waals surface area contributed by atoms with Crippen molar-refractivity contribution in [2.45, 2.75) is 37.6 Å². The molecule has 0 fully saturated rings. The van der Waals surface area contributed by atoms with E-state index < -0.39 is 0 Å². The number of hydrogen-bond acceptors (Lipinski definition) is 5. The average Bonchev–Trinajstić information content (AvgIpc) is 3.15. The molecule has 1 aromatic heterocycles. The number of benzene rings is 2. The molecule has 3 rings (SSSR count). The molecule has 0 aliphatic heterocycles. The Kier molecular flexibility index (Phi) is 6.82. The van der Waals surface area contributed by atoms with Crippen molar-refractivity contribution in [2.75, 3.05) is 0 Å². The second kappa shape index (κ2) is 9.52. The molecule has 0 unspecified atom stereocenters. The molecule has 1 amide bonds. The first-order valence-corrected chi connectivity index (χ1v) is 10.4. The standard InChI is InChI=1S/C22H25N5OS/c1-15(2)18-9-11-19(12-10-18)16(3)24-25-21(28)20-7-5-17(6-8-20)13-29-22-26-23-14-27(22)4/h5-12,14-15H,13H2,1-4H3,(H,25,28)/b24-16-. The molecule has 0 spiro atoms. The largest absolute Gasteiger partial charge is 0.312 e. The molecule has 29 heavy (non-hydrogen) atoms. The van der Waals surface area contributed by atoms with E-state index in [4.69, 9.17) is 0 Å². The molecule has 3 aromatic rings. The van der Waals surface area contributed by atoms with Gasteiger partial charge in [0, 0.05) is 18.4 Å². The SMILES string of the molecule is C/C(=N/NC(=O)c1ccc(CSc2nncn2C)cc1)c1ccc(C(C)C)cc1. The molecule has 0 aliphatic carbocycles. The number of hydrogen-bond donors (Lipinski definition) is 1. The quantitative estimate of drug-likeness (QED) is 0.358. The van der Waals surface area contributed by atoms with E-state index in [9.17, 15) is 4.79 Å². The van der Waals surface area contributed by atoms with Gasteiger partial charge >= 0.3 is 0 Å². The zero-order chi connectivity index (χ0) is 20.8. The number of hydrazone groups is 1. The Morgan fingerprint density at radius 2 is 1.76 bits per heavy atom. The van der Waals surface area contributed by atoms with Crippen molar-refractivity contribution in [2.24, 2.45) is 12.1 Å². The predicted octanol–water partition coefficient (Wildman–Crippen LogP) is 4.38. The summed E-state index contributed by atoms with van der Waals surface area (Å²) in [5.74, 6) is 1.02. The summed E-state index contributed by atoms with van der Waals surface area (Å²) in [5, 5.41) is 13.0. The lowest BCUT2D eigenvalue weighted by Crippen LogP contribution is -2.19. The van der Waals surface area contributed by atoms with E-state index in [-0.39, 0.29) is 5.91 Å². The van der Waals surface area contributed by atoms with Crippen LogP contribution in [0.2, 0.25) is 0 Å². The second-order valence-corrected chi connectivity index (χ2v) is 8.07. The topological polar surface area (TPSA) is 72.2 Å². The van der Waals surface area contributed by atoms with E-state index in [0.29, 0.717) is 11.5 Å². The Morgan fingerprint density at radius 1 is 1.10 bits per heavy atom. The molecule has 0 aliphatic rings. The molecule has 2 aromatic carbocycles. The van der Waals surface area contributed by atoms with Gasteiger partial charge in [0.05, 0.1) is 5.71 Å². The van der Waals surface area contributed by atoms with E-state index in [0.717, 1.165) is 27.7 Å². The number of nitrogens with one attached hydrogen (secondary N) is 1. The maximum Gasteiger partial charge on any atom is 0.271 e. The molecule has 7 heteroatoms. The van der Waals surface area contributed by atoms with Crippen LogP contribution in [-0.2, 0) is 12.8 Å². The summed E-state index contributed by atoms with van der Waals surface area (Å²) in [4.78, 5) is 12.4. The van der Waals surface area contributed by atoms with Crippen LogP contribution in [0.15, 0.2) is 65.1 Å². The van der Waals surface area contributed by atoms with Crippen LogP contribution in [0.5, 0.6) is 0 Å². The lowest BCUT2D eigenvalue weighted by atomic mass is 10.0. The first kappa shape index (κ1) is 20.8. The molecule has 150 valence electrons. The summed E-state index contributed by atoms with van der Waals surface area (Å²) in [6.07, 6.45) is 1.68. The molecule has 0 atom stereocenters. The summed E-state index contributed by atoms with van der Waals surface area (Å²) >= 11 is 1.60. The molecular formula is C22H25N5OS. The van der Waals surface area contributed by atoms with Gasteiger partial charge in [0.15, 0.2) is 5.16 Å². The number of thioether (sulfide) groups is 1. The van der Waals surface area contributed by atoms with E-state index >= 15 is 0 Å². The minimum Gasteiger partial charge on any atom is -0.312 e. The third-order valence-electron chi connectivity index (χ3n) is 4.57. The molecular weight excluding hydrogens is 382 g/mol. The van der Waals surface area contributed by atoms with Crippen LogP contribution in [0, 0.1) is 0 Å². The molecule has 0 saturated heterocycles. The summed E-state index contributed by atoms with van der Waals surface area (Å²) in [7, 11) is 1.91. The van der Waals surface area contributed by atoms with Crippen molar-refractivity contribution in [1.29, 1.82) is 0 Å². The predicted molar refractivity (Wildman–Crippen MR) is 117 cm³/mol. The Labute approximate surface area is 175 Å².